The molecule has 5 heteroatoms. The number of thioether (sulfide) groups is 1. The Morgan fingerprint density at radius 2 is 2.22 bits per heavy atom. The van der Waals surface area contributed by atoms with Crippen molar-refractivity contribution in [2.75, 3.05) is 5.75 Å². The molecule has 0 bridgehead atoms. The second-order valence-corrected chi connectivity index (χ2v) is 5.11. The van der Waals surface area contributed by atoms with Crippen LogP contribution in [0.2, 0.25) is 0 Å². The van der Waals surface area contributed by atoms with E-state index in [-0.39, 0.29) is 15.7 Å². The summed E-state index contributed by atoms with van der Waals surface area (Å²) in [6, 6.07) is 5.14. The molecule has 0 atom stereocenters. The fraction of sp³-hybridized carbons (Fsp3) is 0.308. The van der Waals surface area contributed by atoms with Gasteiger partial charge in [0.15, 0.2) is 5.12 Å². The van der Waals surface area contributed by atoms with Crippen LogP contribution in [0.25, 0.3) is 6.08 Å². The minimum absolute atomic E-state index is 0.106. The number of carbonyl (C=O) groups excluding carboxylic acids is 1. The monoisotopic (exact) mass is 265 g/mol. The molecule has 18 heavy (non-hydrogen) atoms. The van der Waals surface area contributed by atoms with Gasteiger partial charge < -0.3 is 0 Å². The van der Waals surface area contributed by atoms with Gasteiger partial charge in [0.25, 0.3) is 5.69 Å². The summed E-state index contributed by atoms with van der Waals surface area (Å²) in [5.41, 5.74) is 1.60. The van der Waals surface area contributed by atoms with E-state index < -0.39 is 0 Å². The van der Waals surface area contributed by atoms with Crippen LogP contribution in [-0.4, -0.2) is 15.8 Å². The molecule has 1 rings (SSSR count). The van der Waals surface area contributed by atoms with Crippen molar-refractivity contribution in [3.63, 3.8) is 0 Å². The van der Waals surface area contributed by atoms with Crippen molar-refractivity contribution >= 4 is 28.6 Å². The van der Waals surface area contributed by atoms with Gasteiger partial charge in [-0.1, -0.05) is 36.0 Å². The minimum atomic E-state index is -0.377. The van der Waals surface area contributed by atoms with Gasteiger partial charge in [-0.2, -0.15) is 0 Å². The second-order valence-electron chi connectivity index (χ2n) is 3.83. The molecule has 0 aliphatic rings. The van der Waals surface area contributed by atoms with E-state index in [0.29, 0.717) is 5.56 Å². The number of carbonyl (C=O) groups is 1. The van der Waals surface area contributed by atoms with Gasteiger partial charge in [0, 0.05) is 24.3 Å². The SMILES string of the molecule is CC(=O)SCCC=Cc1ccc(C)c([N+](=O)[O-])c1. The number of hydrogen-bond acceptors (Lipinski definition) is 4. The summed E-state index contributed by atoms with van der Waals surface area (Å²) in [6.07, 6.45) is 4.53. The lowest BCUT2D eigenvalue weighted by Crippen LogP contribution is -1.91. The van der Waals surface area contributed by atoms with Crippen LogP contribution < -0.4 is 0 Å². The predicted octanol–water partition coefficient (Wildman–Crippen LogP) is 3.59. The van der Waals surface area contributed by atoms with E-state index in [1.165, 1.54) is 18.7 Å². The van der Waals surface area contributed by atoms with Crippen LogP contribution in [0.5, 0.6) is 0 Å². The van der Waals surface area contributed by atoms with Crippen LogP contribution in [0.15, 0.2) is 24.3 Å². The Hall–Kier alpha value is -1.62. The number of nitro groups is 1. The highest BCUT2D eigenvalue weighted by atomic mass is 32.2. The van der Waals surface area contributed by atoms with Crippen molar-refractivity contribution in [1.29, 1.82) is 0 Å². The highest BCUT2D eigenvalue weighted by Crippen LogP contribution is 2.20. The normalized spacial score (nSPS) is 10.8. The van der Waals surface area contributed by atoms with Crippen LogP contribution in [0.3, 0.4) is 0 Å². The molecule has 0 aliphatic heterocycles. The fourth-order valence-electron chi connectivity index (χ4n) is 1.42. The van der Waals surface area contributed by atoms with Crippen LogP contribution >= 0.6 is 11.8 Å². The van der Waals surface area contributed by atoms with Crippen LogP contribution in [0, 0.1) is 17.0 Å². The third kappa shape index (κ3) is 4.71. The van der Waals surface area contributed by atoms with Gasteiger partial charge in [0.1, 0.15) is 0 Å². The van der Waals surface area contributed by atoms with E-state index in [0.717, 1.165) is 17.7 Å². The number of aryl methyl sites for hydroxylation is 1. The molecule has 4 nitrogen and oxygen atoms in total. The summed E-state index contributed by atoms with van der Waals surface area (Å²) in [5, 5.41) is 10.9. The number of allylic oxidation sites excluding steroid dienone is 1. The number of benzene rings is 1. The van der Waals surface area contributed by atoms with Gasteiger partial charge in [-0.3, -0.25) is 14.9 Å². The molecule has 0 unspecified atom stereocenters. The minimum Gasteiger partial charge on any atom is -0.288 e. The number of nitrogens with zero attached hydrogens (tertiary/aromatic N) is 1. The first-order valence-electron chi connectivity index (χ1n) is 5.55. The van der Waals surface area contributed by atoms with Crippen molar-refractivity contribution in [3.05, 3.63) is 45.5 Å². The van der Waals surface area contributed by atoms with Gasteiger partial charge in [-0.15, -0.1) is 0 Å². The molecule has 0 heterocycles. The maximum absolute atomic E-state index is 10.8. The Morgan fingerprint density at radius 1 is 1.50 bits per heavy atom. The van der Waals surface area contributed by atoms with Crippen molar-refractivity contribution in [2.45, 2.75) is 20.3 Å². The summed E-state index contributed by atoms with van der Waals surface area (Å²) in [7, 11) is 0. The summed E-state index contributed by atoms with van der Waals surface area (Å²) in [4.78, 5) is 21.1. The summed E-state index contributed by atoms with van der Waals surface area (Å²) in [5.74, 6) is 0.736. The molecule has 0 radical (unpaired) electrons. The summed E-state index contributed by atoms with van der Waals surface area (Å²) < 4.78 is 0. The smallest absolute Gasteiger partial charge is 0.272 e. The first-order valence-corrected chi connectivity index (χ1v) is 6.54. The highest BCUT2D eigenvalue weighted by Gasteiger charge is 2.09. The zero-order valence-corrected chi connectivity index (χ0v) is 11.2. The zero-order valence-electron chi connectivity index (χ0n) is 10.4. The average molecular weight is 265 g/mol. The molecule has 1 aromatic rings. The summed E-state index contributed by atoms with van der Waals surface area (Å²) in [6.45, 7) is 3.26. The second kappa shape index (κ2) is 6.96. The largest absolute Gasteiger partial charge is 0.288 e. The molecular weight excluding hydrogens is 250 g/mol. The standard InChI is InChI=1S/C13H15NO3S/c1-10-6-7-12(9-13(10)14(16)17)5-3-4-8-18-11(2)15/h3,5-7,9H,4,8H2,1-2H3. The van der Waals surface area contributed by atoms with E-state index in [9.17, 15) is 14.9 Å². The van der Waals surface area contributed by atoms with Crippen molar-refractivity contribution in [3.8, 4) is 0 Å². The molecule has 0 N–H and O–H groups in total. The van der Waals surface area contributed by atoms with E-state index in [1.807, 2.05) is 18.2 Å². The molecule has 0 aliphatic carbocycles. The van der Waals surface area contributed by atoms with Crippen molar-refractivity contribution in [1.82, 2.24) is 0 Å². The maximum Gasteiger partial charge on any atom is 0.272 e. The lowest BCUT2D eigenvalue weighted by atomic mass is 10.1. The van der Waals surface area contributed by atoms with Gasteiger partial charge in [0.2, 0.25) is 0 Å². The van der Waals surface area contributed by atoms with Crippen LogP contribution in [0.1, 0.15) is 24.5 Å². The number of nitro benzene ring substituents is 1. The Kier molecular flexibility index (Phi) is 5.58. The molecule has 96 valence electrons. The van der Waals surface area contributed by atoms with Crippen molar-refractivity contribution < 1.29 is 9.72 Å². The zero-order chi connectivity index (χ0) is 13.5. The first kappa shape index (κ1) is 14.4. The average Bonchev–Trinajstić information content (AvgIpc) is 2.30. The third-order valence-corrected chi connectivity index (χ3v) is 3.18. The molecule has 0 aromatic heterocycles. The highest BCUT2D eigenvalue weighted by molar-refractivity contribution is 8.13. The third-order valence-electron chi connectivity index (χ3n) is 2.33. The van der Waals surface area contributed by atoms with E-state index in [1.54, 1.807) is 19.1 Å². The lowest BCUT2D eigenvalue weighted by Gasteiger charge is -1.98. The summed E-state index contributed by atoms with van der Waals surface area (Å²) >= 11 is 1.28. The number of rotatable bonds is 5. The Morgan fingerprint density at radius 3 is 2.83 bits per heavy atom. The van der Waals surface area contributed by atoms with E-state index in [4.69, 9.17) is 0 Å². The van der Waals surface area contributed by atoms with Crippen molar-refractivity contribution in [2.24, 2.45) is 0 Å². The Bertz CT molecular complexity index is 483. The van der Waals surface area contributed by atoms with Crippen LogP contribution in [-0.2, 0) is 4.79 Å². The molecule has 0 saturated heterocycles. The topological polar surface area (TPSA) is 60.2 Å². The van der Waals surface area contributed by atoms with Gasteiger partial charge in [-0.05, 0) is 18.9 Å². The maximum atomic E-state index is 10.8. The molecule has 0 fully saturated rings. The number of hydrogen-bond donors (Lipinski definition) is 0. The lowest BCUT2D eigenvalue weighted by molar-refractivity contribution is -0.385. The van der Waals surface area contributed by atoms with Gasteiger partial charge >= 0.3 is 0 Å². The molecular formula is C13H15NO3S. The Labute approximate surface area is 110 Å². The molecule has 0 spiro atoms. The van der Waals surface area contributed by atoms with Gasteiger partial charge in [-0.25, -0.2) is 0 Å². The molecule has 0 amide bonds. The quantitative estimate of drug-likeness (QED) is 0.464. The van der Waals surface area contributed by atoms with E-state index >= 15 is 0 Å². The fourth-order valence-corrected chi connectivity index (χ4v) is 1.96. The Balaban J connectivity index is 2.62. The van der Waals surface area contributed by atoms with E-state index in [2.05, 4.69) is 0 Å². The molecule has 1 aromatic carbocycles. The predicted molar refractivity (Wildman–Crippen MR) is 74.6 cm³/mol. The van der Waals surface area contributed by atoms with Crippen LogP contribution in [0.4, 0.5) is 5.69 Å². The first-order chi connectivity index (χ1) is 8.50. The molecule has 0 saturated carbocycles. The van der Waals surface area contributed by atoms with Gasteiger partial charge in [0.05, 0.1) is 4.92 Å².